The smallest absolute Gasteiger partial charge is 0.230 e. The number of nitrogens with one attached hydrogen (secondary N) is 1. The zero-order valence-corrected chi connectivity index (χ0v) is 15.6. The Hall–Kier alpha value is -2.47. The lowest BCUT2D eigenvalue weighted by Gasteiger charge is -2.25. The van der Waals surface area contributed by atoms with Gasteiger partial charge in [0.15, 0.2) is 0 Å². The highest BCUT2D eigenvalue weighted by atomic mass is 16.5. The lowest BCUT2D eigenvalue weighted by atomic mass is 9.93. The molecule has 1 aliphatic rings. The molecule has 0 unspecified atom stereocenters. The first-order valence-corrected chi connectivity index (χ1v) is 9.26. The van der Waals surface area contributed by atoms with Crippen molar-refractivity contribution in [2.24, 2.45) is 0 Å². The Morgan fingerprint density at radius 3 is 2.92 bits per heavy atom. The lowest BCUT2D eigenvalue weighted by Crippen LogP contribution is -2.34. The normalized spacial score (nSPS) is 20.4. The Kier molecular flexibility index (Phi) is 4.59. The zero-order chi connectivity index (χ0) is 18.1. The molecule has 1 aromatic carbocycles. The van der Waals surface area contributed by atoms with Crippen LogP contribution in [0.4, 0.5) is 0 Å². The molecule has 3 aromatic rings. The summed E-state index contributed by atoms with van der Waals surface area (Å²) in [6, 6.07) is 10.9. The van der Waals surface area contributed by atoms with Crippen molar-refractivity contribution in [3.8, 4) is 11.4 Å². The minimum absolute atomic E-state index is 0.352. The first-order valence-electron chi connectivity index (χ1n) is 9.26. The van der Waals surface area contributed by atoms with Crippen LogP contribution in [0.5, 0.6) is 0 Å². The second-order valence-electron chi connectivity index (χ2n) is 7.32. The van der Waals surface area contributed by atoms with Gasteiger partial charge in [0.2, 0.25) is 11.7 Å². The molecule has 6 heteroatoms. The van der Waals surface area contributed by atoms with Crippen LogP contribution in [0.25, 0.3) is 11.4 Å². The van der Waals surface area contributed by atoms with Gasteiger partial charge in [-0.1, -0.05) is 23.4 Å². The average Bonchev–Trinajstić information content (AvgIpc) is 3.22. The molecule has 0 aliphatic carbocycles. The topological polar surface area (TPSA) is 68.8 Å². The molecule has 1 N–H and O–H groups in total. The van der Waals surface area contributed by atoms with Gasteiger partial charge in [-0.25, -0.2) is 0 Å². The maximum absolute atomic E-state index is 5.58. The van der Waals surface area contributed by atoms with E-state index in [-0.39, 0.29) is 0 Å². The standard InChI is InChI=1S/C20H25N5O/c1-13-10-18(7-8-21-13)20-22-19(24-26-20)17-6-4-5-16(11-17)12-25-15(3)9-14(2)23-25/h4-6,9,11,13,18,21H,7-8,10,12H2,1-3H3/t13-,18-/m0/s1. The summed E-state index contributed by atoms with van der Waals surface area (Å²) in [5.74, 6) is 1.78. The SMILES string of the molecule is Cc1cc(C)n(Cc2cccc(-c3noc([C@H]4CCN[C@@H](C)C4)n3)c2)n1. The Labute approximate surface area is 153 Å². The maximum Gasteiger partial charge on any atom is 0.230 e. The minimum Gasteiger partial charge on any atom is -0.339 e. The van der Waals surface area contributed by atoms with E-state index in [1.807, 2.05) is 23.7 Å². The maximum atomic E-state index is 5.58. The summed E-state index contributed by atoms with van der Waals surface area (Å²) in [7, 11) is 0. The van der Waals surface area contributed by atoms with Crippen LogP contribution in [-0.2, 0) is 6.54 Å². The van der Waals surface area contributed by atoms with E-state index in [9.17, 15) is 0 Å². The average molecular weight is 351 g/mol. The number of piperidine rings is 1. The molecule has 2 aromatic heterocycles. The van der Waals surface area contributed by atoms with E-state index < -0.39 is 0 Å². The number of nitrogens with zero attached hydrogens (tertiary/aromatic N) is 4. The van der Waals surface area contributed by atoms with Crippen LogP contribution in [0, 0.1) is 13.8 Å². The van der Waals surface area contributed by atoms with E-state index >= 15 is 0 Å². The van der Waals surface area contributed by atoms with Crippen molar-refractivity contribution in [2.45, 2.75) is 52.1 Å². The van der Waals surface area contributed by atoms with Crippen LogP contribution >= 0.6 is 0 Å². The fourth-order valence-corrected chi connectivity index (χ4v) is 3.69. The van der Waals surface area contributed by atoms with Gasteiger partial charge in [-0.05, 0) is 57.9 Å². The summed E-state index contributed by atoms with van der Waals surface area (Å²) in [5.41, 5.74) is 4.36. The van der Waals surface area contributed by atoms with E-state index in [2.05, 4.69) is 52.6 Å². The van der Waals surface area contributed by atoms with Crippen molar-refractivity contribution in [2.75, 3.05) is 6.54 Å². The highest BCUT2D eigenvalue weighted by Gasteiger charge is 2.25. The highest BCUT2D eigenvalue weighted by Crippen LogP contribution is 2.28. The predicted molar refractivity (Wildman–Crippen MR) is 100.0 cm³/mol. The van der Waals surface area contributed by atoms with Crippen LogP contribution in [0.2, 0.25) is 0 Å². The van der Waals surface area contributed by atoms with E-state index in [1.54, 1.807) is 0 Å². The summed E-state index contributed by atoms with van der Waals surface area (Å²) in [6.07, 6.45) is 2.09. The molecule has 0 saturated carbocycles. The molecule has 26 heavy (non-hydrogen) atoms. The quantitative estimate of drug-likeness (QED) is 0.780. The highest BCUT2D eigenvalue weighted by molar-refractivity contribution is 5.55. The van der Waals surface area contributed by atoms with Gasteiger partial charge in [0.05, 0.1) is 12.2 Å². The Morgan fingerprint density at radius 1 is 1.27 bits per heavy atom. The van der Waals surface area contributed by atoms with Gasteiger partial charge in [0, 0.05) is 23.2 Å². The number of benzene rings is 1. The van der Waals surface area contributed by atoms with Crippen molar-refractivity contribution < 1.29 is 4.52 Å². The third-order valence-electron chi connectivity index (χ3n) is 5.04. The molecule has 2 atom stereocenters. The third kappa shape index (κ3) is 3.55. The van der Waals surface area contributed by atoms with Crippen molar-refractivity contribution in [1.82, 2.24) is 25.2 Å². The molecule has 3 heterocycles. The van der Waals surface area contributed by atoms with Crippen LogP contribution in [0.15, 0.2) is 34.9 Å². The number of aryl methyl sites for hydroxylation is 2. The third-order valence-corrected chi connectivity index (χ3v) is 5.04. The van der Waals surface area contributed by atoms with Gasteiger partial charge < -0.3 is 9.84 Å². The summed E-state index contributed by atoms with van der Waals surface area (Å²) in [5, 5.41) is 12.2. The van der Waals surface area contributed by atoms with Crippen LogP contribution in [0.1, 0.15) is 48.5 Å². The fourth-order valence-electron chi connectivity index (χ4n) is 3.69. The van der Waals surface area contributed by atoms with Crippen molar-refractivity contribution in [1.29, 1.82) is 0 Å². The minimum atomic E-state index is 0.352. The van der Waals surface area contributed by atoms with E-state index in [1.165, 1.54) is 5.56 Å². The molecule has 136 valence electrons. The fraction of sp³-hybridized carbons (Fsp3) is 0.450. The van der Waals surface area contributed by atoms with Crippen LogP contribution < -0.4 is 5.32 Å². The molecule has 4 rings (SSSR count). The second kappa shape index (κ2) is 7.03. The van der Waals surface area contributed by atoms with E-state index in [0.717, 1.165) is 48.8 Å². The van der Waals surface area contributed by atoms with E-state index in [0.29, 0.717) is 17.8 Å². The van der Waals surface area contributed by atoms with Gasteiger partial charge in [0.25, 0.3) is 0 Å². The Bertz CT molecular complexity index is 897. The van der Waals surface area contributed by atoms with Gasteiger partial charge >= 0.3 is 0 Å². The van der Waals surface area contributed by atoms with Gasteiger partial charge in [0.1, 0.15) is 0 Å². The molecule has 0 spiro atoms. The van der Waals surface area contributed by atoms with Gasteiger partial charge in [-0.15, -0.1) is 0 Å². The van der Waals surface area contributed by atoms with E-state index in [4.69, 9.17) is 4.52 Å². The van der Waals surface area contributed by atoms with Crippen LogP contribution in [0.3, 0.4) is 0 Å². The molecule has 1 saturated heterocycles. The summed E-state index contributed by atoms with van der Waals surface area (Å²) in [6.45, 7) is 8.04. The summed E-state index contributed by atoms with van der Waals surface area (Å²) in [4.78, 5) is 4.68. The molecular formula is C20H25N5O. The molecular weight excluding hydrogens is 326 g/mol. The number of hydrogen-bond acceptors (Lipinski definition) is 5. The monoisotopic (exact) mass is 351 g/mol. The summed E-state index contributed by atoms with van der Waals surface area (Å²) < 4.78 is 7.60. The number of aromatic nitrogens is 4. The van der Waals surface area contributed by atoms with Crippen LogP contribution in [-0.4, -0.2) is 32.5 Å². The first-order chi connectivity index (χ1) is 12.6. The van der Waals surface area contributed by atoms with Crippen molar-refractivity contribution in [3.63, 3.8) is 0 Å². The first kappa shape index (κ1) is 17.0. The molecule has 0 radical (unpaired) electrons. The Morgan fingerprint density at radius 2 is 2.15 bits per heavy atom. The zero-order valence-electron chi connectivity index (χ0n) is 15.6. The Balaban J connectivity index is 1.54. The van der Waals surface area contributed by atoms with Gasteiger partial charge in [-0.3, -0.25) is 4.68 Å². The molecule has 1 aliphatic heterocycles. The number of rotatable bonds is 4. The molecule has 0 amide bonds. The predicted octanol–water partition coefficient (Wildman–Crippen LogP) is 3.45. The lowest BCUT2D eigenvalue weighted by molar-refractivity contribution is 0.295. The van der Waals surface area contributed by atoms with Gasteiger partial charge in [-0.2, -0.15) is 10.1 Å². The van der Waals surface area contributed by atoms with Crippen molar-refractivity contribution in [3.05, 3.63) is 53.2 Å². The summed E-state index contributed by atoms with van der Waals surface area (Å²) >= 11 is 0. The second-order valence-corrected chi connectivity index (χ2v) is 7.32. The van der Waals surface area contributed by atoms with Crippen molar-refractivity contribution >= 4 is 0 Å². The largest absolute Gasteiger partial charge is 0.339 e. The number of hydrogen-bond donors (Lipinski definition) is 1. The molecule has 6 nitrogen and oxygen atoms in total. The molecule has 1 fully saturated rings. The molecule has 0 bridgehead atoms.